The van der Waals surface area contributed by atoms with Crippen molar-refractivity contribution in [1.82, 2.24) is 0 Å². The molecule has 0 amide bonds. The highest BCUT2D eigenvalue weighted by molar-refractivity contribution is 7.46. The van der Waals surface area contributed by atoms with E-state index in [4.69, 9.17) is 15.5 Å². The second-order valence-electron chi connectivity index (χ2n) is 3.85. The number of nitrogens with zero attached hydrogens (tertiary/aromatic N) is 1. The number of rotatable bonds is 7. The highest BCUT2D eigenvalue weighted by atomic mass is 31.2. The van der Waals surface area contributed by atoms with Crippen LogP contribution in [0.5, 0.6) is 0 Å². The summed E-state index contributed by atoms with van der Waals surface area (Å²) in [6.45, 7) is 2.12. The third kappa shape index (κ3) is 8.62. The Kier molecular flexibility index (Phi) is 5.81. The van der Waals surface area contributed by atoms with Gasteiger partial charge in [-0.15, -0.1) is 0 Å². The largest absolute Gasteiger partial charge is 0.469 e. The molecule has 0 aromatic rings. The van der Waals surface area contributed by atoms with Crippen LogP contribution in [0.4, 0.5) is 0 Å². The molecule has 0 unspecified atom stereocenters. The van der Waals surface area contributed by atoms with E-state index < -0.39 is 7.82 Å². The molecule has 0 saturated carbocycles. The van der Waals surface area contributed by atoms with E-state index in [1.807, 2.05) is 14.1 Å². The Balaban J connectivity index is 3.70. The van der Waals surface area contributed by atoms with Gasteiger partial charge in [-0.25, -0.2) is 4.57 Å². The van der Waals surface area contributed by atoms with E-state index in [0.717, 1.165) is 13.0 Å². The minimum atomic E-state index is -4.31. The van der Waals surface area contributed by atoms with Crippen LogP contribution in [0.15, 0.2) is 0 Å². The molecular weight excluding hydrogens is 207 g/mol. The second-order valence-corrected chi connectivity index (χ2v) is 5.09. The van der Waals surface area contributed by atoms with Crippen molar-refractivity contribution in [2.24, 2.45) is 5.73 Å². The summed E-state index contributed by atoms with van der Waals surface area (Å²) in [5.41, 5.74) is 5.37. The normalized spacial score (nSPS) is 13.2. The number of likely N-dealkylation sites (N-methyl/N-ethyl adjacent to an activating group) is 1. The van der Waals surface area contributed by atoms with Crippen LogP contribution in [0.2, 0.25) is 0 Å². The maximum absolute atomic E-state index is 10.4. The molecule has 0 spiro atoms. The van der Waals surface area contributed by atoms with Crippen LogP contribution in [0.3, 0.4) is 0 Å². The second kappa shape index (κ2) is 5.80. The molecule has 0 fully saturated rings. The first kappa shape index (κ1) is 14.0. The zero-order chi connectivity index (χ0) is 11.2. The molecule has 0 aliphatic rings. The number of nitrogens with two attached hydrogens (primary N) is 1. The Hall–Kier alpha value is 0.0300. The van der Waals surface area contributed by atoms with Gasteiger partial charge in [-0.1, -0.05) is 0 Å². The lowest BCUT2D eigenvalue weighted by atomic mass is 10.3. The van der Waals surface area contributed by atoms with Gasteiger partial charge in [0.25, 0.3) is 0 Å². The summed E-state index contributed by atoms with van der Waals surface area (Å²) in [5, 5.41) is 0. The fourth-order valence-electron chi connectivity index (χ4n) is 1.04. The van der Waals surface area contributed by atoms with Gasteiger partial charge < -0.3 is 20.0 Å². The summed E-state index contributed by atoms with van der Waals surface area (Å²) in [6, 6.07) is 0. The number of hydrogen-bond donors (Lipinski definition) is 3. The SMILES string of the molecule is C[N+](C)(CCCN)CCOP(=O)(O)O. The summed E-state index contributed by atoms with van der Waals surface area (Å²) in [6.07, 6.45) is 0.892. The van der Waals surface area contributed by atoms with Gasteiger partial charge in [0.15, 0.2) is 0 Å². The monoisotopic (exact) mass is 227 g/mol. The third-order valence-corrected chi connectivity index (χ3v) is 2.44. The fourth-order valence-corrected chi connectivity index (χ4v) is 1.36. The van der Waals surface area contributed by atoms with Gasteiger partial charge in [0.1, 0.15) is 13.2 Å². The van der Waals surface area contributed by atoms with Crippen LogP contribution in [0, 0.1) is 0 Å². The lowest BCUT2D eigenvalue weighted by molar-refractivity contribution is -0.890. The topological polar surface area (TPSA) is 92.8 Å². The van der Waals surface area contributed by atoms with Crippen LogP contribution < -0.4 is 5.73 Å². The molecule has 0 radical (unpaired) electrons. The summed E-state index contributed by atoms with van der Waals surface area (Å²) in [5.74, 6) is 0. The number of phosphoric acid groups is 1. The molecule has 6 nitrogen and oxygen atoms in total. The standard InChI is InChI=1S/C7H19N2O4P/c1-9(2,5-3-4-8)6-7-13-14(10,11)12/h3-8H2,1-2H3,(H-,10,11,12)/p+1. The van der Waals surface area contributed by atoms with Crippen molar-refractivity contribution >= 4 is 7.82 Å². The maximum atomic E-state index is 10.4. The van der Waals surface area contributed by atoms with Gasteiger partial charge in [-0.2, -0.15) is 0 Å². The summed E-state index contributed by atoms with van der Waals surface area (Å²) in [7, 11) is -0.370. The molecule has 0 atom stereocenters. The Morgan fingerprint density at radius 2 is 1.93 bits per heavy atom. The average Bonchev–Trinajstić information content (AvgIpc) is 1.98. The minimum Gasteiger partial charge on any atom is -0.330 e. The van der Waals surface area contributed by atoms with E-state index in [0.29, 0.717) is 17.6 Å². The molecule has 0 aliphatic carbocycles. The molecule has 0 aromatic heterocycles. The number of hydrogen-bond acceptors (Lipinski definition) is 3. The number of phosphoric ester groups is 1. The van der Waals surface area contributed by atoms with E-state index in [2.05, 4.69) is 4.52 Å². The Bertz CT molecular complexity index is 204. The van der Waals surface area contributed by atoms with Crippen LogP contribution in [-0.4, -0.2) is 54.6 Å². The predicted octanol–water partition coefficient (Wildman–Crippen LogP) is -0.479. The molecule has 0 bridgehead atoms. The van der Waals surface area contributed by atoms with Crippen LogP contribution in [0.1, 0.15) is 6.42 Å². The molecule has 0 rings (SSSR count). The van der Waals surface area contributed by atoms with E-state index in [9.17, 15) is 4.57 Å². The van der Waals surface area contributed by atoms with Crippen LogP contribution in [0.25, 0.3) is 0 Å². The molecule has 14 heavy (non-hydrogen) atoms. The van der Waals surface area contributed by atoms with Crippen molar-refractivity contribution in [2.75, 3.05) is 40.3 Å². The van der Waals surface area contributed by atoms with Gasteiger partial charge in [0.2, 0.25) is 0 Å². The zero-order valence-electron chi connectivity index (χ0n) is 8.72. The molecule has 0 saturated heterocycles. The van der Waals surface area contributed by atoms with Gasteiger partial charge in [-0.05, 0) is 6.54 Å². The predicted molar refractivity (Wildman–Crippen MR) is 53.5 cm³/mol. The Labute approximate surface area is 84.5 Å². The molecular formula is C7H20N2O4P+. The van der Waals surface area contributed by atoms with Crippen molar-refractivity contribution in [1.29, 1.82) is 0 Å². The van der Waals surface area contributed by atoms with Gasteiger partial charge in [0, 0.05) is 6.42 Å². The quantitative estimate of drug-likeness (QED) is 0.403. The third-order valence-electron chi connectivity index (χ3n) is 1.92. The molecule has 7 heteroatoms. The van der Waals surface area contributed by atoms with Crippen molar-refractivity contribution in [3.8, 4) is 0 Å². The molecule has 0 aromatic carbocycles. The van der Waals surface area contributed by atoms with Crippen molar-refractivity contribution in [2.45, 2.75) is 6.42 Å². The smallest absolute Gasteiger partial charge is 0.330 e. The van der Waals surface area contributed by atoms with E-state index >= 15 is 0 Å². The molecule has 0 heterocycles. The van der Waals surface area contributed by atoms with Gasteiger partial charge in [-0.3, -0.25) is 4.52 Å². The lowest BCUT2D eigenvalue weighted by Crippen LogP contribution is -2.43. The van der Waals surface area contributed by atoms with Crippen molar-refractivity contribution in [3.63, 3.8) is 0 Å². The molecule has 86 valence electrons. The van der Waals surface area contributed by atoms with E-state index in [1.165, 1.54) is 0 Å². The minimum absolute atomic E-state index is 0.0574. The molecule has 0 aliphatic heterocycles. The van der Waals surface area contributed by atoms with Crippen LogP contribution in [-0.2, 0) is 9.09 Å². The van der Waals surface area contributed by atoms with E-state index in [1.54, 1.807) is 0 Å². The molecule has 4 N–H and O–H groups in total. The van der Waals surface area contributed by atoms with Crippen molar-refractivity contribution in [3.05, 3.63) is 0 Å². The fraction of sp³-hybridized carbons (Fsp3) is 1.00. The highest BCUT2D eigenvalue weighted by Gasteiger charge is 2.18. The first-order chi connectivity index (χ1) is 6.27. The van der Waals surface area contributed by atoms with Gasteiger partial charge in [0.05, 0.1) is 20.6 Å². The van der Waals surface area contributed by atoms with Gasteiger partial charge >= 0.3 is 7.82 Å². The summed E-state index contributed by atoms with van der Waals surface area (Å²) in [4.78, 5) is 16.9. The first-order valence-electron chi connectivity index (χ1n) is 4.49. The Morgan fingerprint density at radius 1 is 1.36 bits per heavy atom. The van der Waals surface area contributed by atoms with Crippen molar-refractivity contribution < 1.29 is 23.4 Å². The van der Waals surface area contributed by atoms with Crippen LogP contribution >= 0.6 is 7.82 Å². The maximum Gasteiger partial charge on any atom is 0.469 e. The lowest BCUT2D eigenvalue weighted by Gasteiger charge is -2.29. The Morgan fingerprint density at radius 3 is 2.36 bits per heavy atom. The first-order valence-corrected chi connectivity index (χ1v) is 6.02. The summed E-state index contributed by atoms with van der Waals surface area (Å²) < 4.78 is 15.4. The highest BCUT2D eigenvalue weighted by Crippen LogP contribution is 2.35. The average molecular weight is 227 g/mol. The van der Waals surface area contributed by atoms with E-state index in [-0.39, 0.29) is 6.61 Å². The number of quaternary nitrogens is 1. The zero-order valence-corrected chi connectivity index (χ0v) is 9.61. The summed E-state index contributed by atoms with van der Waals surface area (Å²) >= 11 is 0.